The minimum absolute atomic E-state index is 0.0779. The first-order chi connectivity index (χ1) is 2.91. The van der Waals surface area contributed by atoms with Gasteiger partial charge in [0.25, 0.3) is 0 Å². The van der Waals surface area contributed by atoms with Crippen LogP contribution in [0.3, 0.4) is 0 Å². The molecule has 0 fully saturated rings. The second-order valence-electron chi connectivity index (χ2n) is 0.501. The van der Waals surface area contributed by atoms with Gasteiger partial charge in [0.1, 0.15) is 0 Å². The maximum Gasteiger partial charge on any atom is 0.345 e. The molecule has 0 bridgehead atoms. The maximum absolute atomic E-state index is 5.15. The van der Waals surface area contributed by atoms with E-state index >= 15 is 0 Å². The Balaban J connectivity index is 2.49. The maximum atomic E-state index is 5.15. The summed E-state index contributed by atoms with van der Waals surface area (Å²) in [6.45, 7) is 3.43. The molecule has 4 heteroatoms. The smallest absolute Gasteiger partial charge is 0.345 e. The van der Waals surface area contributed by atoms with Crippen LogP contribution in [-0.2, 0) is 4.12 Å². The van der Waals surface area contributed by atoms with E-state index in [4.69, 9.17) is 11.1 Å². The minimum atomic E-state index is 0.0779. The molecule has 4 radical (unpaired) electrons. The van der Waals surface area contributed by atoms with Gasteiger partial charge in [-0.15, -0.1) is 17.7 Å². The van der Waals surface area contributed by atoms with Gasteiger partial charge >= 0.3 is 9.07 Å². The van der Waals surface area contributed by atoms with E-state index in [-0.39, 0.29) is 9.07 Å². The normalized spacial score (nSPS) is 8.17. The SMILES string of the molecule is C=C[Si]O[Si]Cl. The molecule has 0 amide bonds. The van der Waals surface area contributed by atoms with E-state index in [2.05, 4.69) is 10.7 Å². The van der Waals surface area contributed by atoms with Gasteiger partial charge in [-0.1, -0.05) is 5.70 Å². The van der Waals surface area contributed by atoms with Gasteiger partial charge < -0.3 is 4.12 Å². The summed E-state index contributed by atoms with van der Waals surface area (Å²) in [6, 6.07) is 0. The first-order valence-electron chi connectivity index (χ1n) is 1.29. The van der Waals surface area contributed by atoms with Crippen LogP contribution in [0, 0.1) is 0 Å². The Morgan fingerprint density at radius 3 is 2.67 bits per heavy atom. The molecular formula is C2H3ClOSi2. The number of hydrogen-bond acceptors (Lipinski definition) is 1. The summed E-state index contributed by atoms with van der Waals surface area (Å²) in [5.74, 6) is 0. The molecule has 0 saturated carbocycles. The van der Waals surface area contributed by atoms with Crippen molar-refractivity contribution in [3.63, 3.8) is 0 Å². The van der Waals surface area contributed by atoms with Crippen molar-refractivity contribution in [1.82, 2.24) is 0 Å². The Labute approximate surface area is 46.9 Å². The predicted molar refractivity (Wildman–Crippen MR) is 28.6 cm³/mol. The van der Waals surface area contributed by atoms with Gasteiger partial charge in [-0.25, -0.2) is 0 Å². The third kappa shape index (κ3) is 4.42. The van der Waals surface area contributed by atoms with Crippen LogP contribution in [0.2, 0.25) is 0 Å². The van der Waals surface area contributed by atoms with E-state index < -0.39 is 0 Å². The summed E-state index contributed by atoms with van der Waals surface area (Å²) in [5.41, 5.74) is 1.69. The highest BCUT2D eigenvalue weighted by molar-refractivity contribution is 6.91. The second-order valence-corrected chi connectivity index (χ2v) is 2.58. The largest absolute Gasteiger partial charge is 0.441 e. The summed E-state index contributed by atoms with van der Waals surface area (Å²) in [4.78, 5) is 0. The average molecular weight is 135 g/mol. The summed E-state index contributed by atoms with van der Waals surface area (Å²) in [6.07, 6.45) is 0. The Bertz CT molecular complexity index is 40.5. The Morgan fingerprint density at radius 1 is 1.83 bits per heavy atom. The monoisotopic (exact) mass is 134 g/mol. The van der Waals surface area contributed by atoms with Gasteiger partial charge in [-0.2, -0.15) is 0 Å². The van der Waals surface area contributed by atoms with Crippen LogP contribution in [-0.4, -0.2) is 18.8 Å². The molecule has 0 atom stereocenters. The van der Waals surface area contributed by atoms with E-state index in [1.54, 1.807) is 5.70 Å². The molecule has 1 nitrogen and oxygen atoms in total. The van der Waals surface area contributed by atoms with Crippen LogP contribution < -0.4 is 0 Å². The molecule has 6 heavy (non-hydrogen) atoms. The topological polar surface area (TPSA) is 9.23 Å². The number of hydrogen-bond donors (Lipinski definition) is 0. The van der Waals surface area contributed by atoms with Crippen molar-refractivity contribution < 1.29 is 4.12 Å². The van der Waals surface area contributed by atoms with E-state index in [1.165, 1.54) is 0 Å². The van der Waals surface area contributed by atoms with Gasteiger partial charge in [0.2, 0.25) is 9.76 Å². The standard InChI is InChI=1S/C2H3ClOSi2/c1-2-5-4-6-3/h2H,1H2. The van der Waals surface area contributed by atoms with E-state index in [0.717, 1.165) is 0 Å². The van der Waals surface area contributed by atoms with Gasteiger partial charge in [0.15, 0.2) is 0 Å². The molecule has 0 aliphatic heterocycles. The van der Waals surface area contributed by atoms with Crippen molar-refractivity contribution in [2.24, 2.45) is 0 Å². The summed E-state index contributed by atoms with van der Waals surface area (Å²) >= 11 is 5.15. The van der Waals surface area contributed by atoms with Crippen molar-refractivity contribution >= 4 is 29.9 Å². The molecule has 0 aromatic heterocycles. The van der Waals surface area contributed by atoms with Gasteiger partial charge in [-0.3, -0.25) is 0 Å². The van der Waals surface area contributed by atoms with Gasteiger partial charge in [0.05, 0.1) is 0 Å². The number of rotatable bonds is 3. The highest BCUT2D eigenvalue weighted by Gasteiger charge is 1.78. The van der Waals surface area contributed by atoms with E-state index in [1.807, 2.05) is 0 Å². The Morgan fingerprint density at radius 2 is 2.50 bits per heavy atom. The summed E-state index contributed by atoms with van der Waals surface area (Å²) in [5, 5.41) is 0. The van der Waals surface area contributed by atoms with Crippen LogP contribution in [0.1, 0.15) is 0 Å². The molecule has 0 spiro atoms. The third-order valence-electron chi connectivity index (χ3n) is 0.181. The van der Waals surface area contributed by atoms with Crippen LogP contribution in [0.5, 0.6) is 0 Å². The highest BCUT2D eigenvalue weighted by atomic mass is 35.6. The lowest BCUT2D eigenvalue weighted by Crippen LogP contribution is -1.93. The quantitative estimate of drug-likeness (QED) is 0.311. The second kappa shape index (κ2) is 5.42. The van der Waals surface area contributed by atoms with Crippen LogP contribution >= 0.6 is 11.1 Å². The zero-order chi connectivity index (χ0) is 4.83. The molecule has 0 aromatic carbocycles. The van der Waals surface area contributed by atoms with Crippen LogP contribution in [0.4, 0.5) is 0 Å². The minimum Gasteiger partial charge on any atom is -0.441 e. The molecule has 0 heterocycles. The van der Waals surface area contributed by atoms with Crippen molar-refractivity contribution in [2.45, 2.75) is 0 Å². The fourth-order valence-electron chi connectivity index (χ4n) is 0.0639. The van der Waals surface area contributed by atoms with Crippen molar-refractivity contribution in [1.29, 1.82) is 0 Å². The first kappa shape index (κ1) is 6.42. The van der Waals surface area contributed by atoms with Crippen molar-refractivity contribution in [3.05, 3.63) is 12.3 Å². The lowest BCUT2D eigenvalue weighted by atomic mass is 11.3. The van der Waals surface area contributed by atoms with Crippen molar-refractivity contribution in [2.75, 3.05) is 0 Å². The zero-order valence-corrected chi connectivity index (χ0v) is 5.83. The third-order valence-corrected chi connectivity index (χ3v) is 1.82. The molecule has 0 N–H and O–H groups in total. The Hall–Kier alpha value is 0.424. The fraction of sp³-hybridized carbons (Fsp3) is 0. The molecule has 32 valence electrons. The highest BCUT2D eigenvalue weighted by Crippen LogP contribution is 1.69. The zero-order valence-electron chi connectivity index (χ0n) is 3.07. The van der Waals surface area contributed by atoms with E-state index in [0.29, 0.717) is 9.76 Å². The molecule has 0 aliphatic rings. The summed E-state index contributed by atoms with van der Waals surface area (Å²) < 4.78 is 4.69. The van der Waals surface area contributed by atoms with Gasteiger partial charge in [-0.05, 0) is 0 Å². The molecule has 0 unspecified atom stereocenters. The molecule has 0 aliphatic carbocycles. The predicted octanol–water partition coefficient (Wildman–Crippen LogP) is 0.539. The molecule has 0 rings (SSSR count). The van der Waals surface area contributed by atoms with Crippen molar-refractivity contribution in [3.8, 4) is 0 Å². The van der Waals surface area contributed by atoms with Gasteiger partial charge in [0, 0.05) is 0 Å². The molecular weight excluding hydrogens is 132 g/mol. The molecule has 0 saturated heterocycles. The lowest BCUT2D eigenvalue weighted by Gasteiger charge is -1.81. The molecule has 0 aromatic rings. The van der Waals surface area contributed by atoms with E-state index in [9.17, 15) is 0 Å². The number of halogens is 1. The van der Waals surface area contributed by atoms with Crippen LogP contribution in [0.25, 0.3) is 0 Å². The first-order valence-corrected chi connectivity index (χ1v) is 4.20. The average Bonchev–Trinajstić information content (AvgIpc) is 1.61. The lowest BCUT2D eigenvalue weighted by molar-refractivity contribution is 0.669. The Kier molecular flexibility index (Phi) is 5.81. The fourth-order valence-corrected chi connectivity index (χ4v) is 0.976. The van der Waals surface area contributed by atoms with Crippen LogP contribution in [0.15, 0.2) is 12.3 Å². The summed E-state index contributed by atoms with van der Waals surface area (Å²) in [7, 11) is 0.437.